The van der Waals surface area contributed by atoms with Crippen molar-refractivity contribution >= 4 is 23.5 Å². The average Bonchev–Trinajstić information content (AvgIpc) is 2.31. The third-order valence-electron chi connectivity index (χ3n) is 2.74. The van der Waals surface area contributed by atoms with E-state index in [4.69, 9.17) is 16.7 Å². The van der Waals surface area contributed by atoms with Crippen LogP contribution in [-0.2, 0) is 4.79 Å². The van der Waals surface area contributed by atoms with Crippen molar-refractivity contribution in [2.24, 2.45) is 5.92 Å². The highest BCUT2D eigenvalue weighted by Gasteiger charge is 2.21. The Morgan fingerprint density at radius 1 is 1.37 bits per heavy atom. The predicted molar refractivity (Wildman–Crippen MR) is 74.5 cm³/mol. The molecule has 0 aromatic heterocycles. The zero-order valence-electron chi connectivity index (χ0n) is 11.2. The van der Waals surface area contributed by atoms with Gasteiger partial charge in [-0.2, -0.15) is 0 Å². The Hall–Kier alpha value is -1.55. The number of carbonyl (C=O) groups excluding carboxylic acids is 1. The van der Waals surface area contributed by atoms with Crippen LogP contribution in [0, 0.1) is 12.8 Å². The van der Waals surface area contributed by atoms with E-state index >= 15 is 0 Å². The number of amides is 1. The maximum absolute atomic E-state index is 12.0. The molecule has 0 saturated carbocycles. The number of carboxylic acids is 1. The van der Waals surface area contributed by atoms with Crippen molar-refractivity contribution in [3.8, 4) is 0 Å². The molecule has 19 heavy (non-hydrogen) atoms. The summed E-state index contributed by atoms with van der Waals surface area (Å²) in [4.78, 5) is 23.1. The summed E-state index contributed by atoms with van der Waals surface area (Å²) in [7, 11) is 0. The molecule has 0 bridgehead atoms. The van der Waals surface area contributed by atoms with Crippen molar-refractivity contribution < 1.29 is 14.7 Å². The van der Waals surface area contributed by atoms with Crippen molar-refractivity contribution in [3.05, 3.63) is 34.3 Å². The van der Waals surface area contributed by atoms with Crippen LogP contribution in [0.15, 0.2) is 18.2 Å². The van der Waals surface area contributed by atoms with E-state index in [-0.39, 0.29) is 5.92 Å². The maximum atomic E-state index is 12.0. The molecule has 2 N–H and O–H groups in total. The van der Waals surface area contributed by atoms with Crippen LogP contribution in [0.5, 0.6) is 0 Å². The van der Waals surface area contributed by atoms with Crippen LogP contribution in [0.1, 0.15) is 36.2 Å². The van der Waals surface area contributed by atoms with Gasteiger partial charge in [-0.15, -0.1) is 0 Å². The molecule has 0 aliphatic rings. The van der Waals surface area contributed by atoms with Gasteiger partial charge in [-0.25, -0.2) is 4.79 Å². The standard InChI is InChI=1S/C14H18ClNO3/c1-8(2)6-12(14(18)19)16-13(17)10-5-4-9(3)11(15)7-10/h4-5,7-8,12H,6H2,1-3H3,(H,16,17)(H,18,19)/t12-/m1/s1. The maximum Gasteiger partial charge on any atom is 0.326 e. The second-order valence-corrected chi connectivity index (χ2v) is 5.36. The Kier molecular flexibility index (Phi) is 5.36. The number of nitrogens with one attached hydrogen (secondary N) is 1. The first-order valence-corrected chi connectivity index (χ1v) is 6.49. The lowest BCUT2D eigenvalue weighted by atomic mass is 10.0. The molecule has 0 heterocycles. The van der Waals surface area contributed by atoms with Gasteiger partial charge in [0.25, 0.3) is 5.91 Å². The highest BCUT2D eigenvalue weighted by molar-refractivity contribution is 6.31. The normalized spacial score (nSPS) is 12.3. The number of carboxylic acid groups (broad SMARTS) is 1. The summed E-state index contributed by atoms with van der Waals surface area (Å²) in [6, 6.07) is 4.02. The molecule has 0 fully saturated rings. The molecule has 5 heteroatoms. The molecule has 0 aliphatic heterocycles. The topological polar surface area (TPSA) is 66.4 Å². The van der Waals surface area contributed by atoms with Crippen LogP contribution >= 0.6 is 11.6 Å². The Morgan fingerprint density at radius 2 is 2.00 bits per heavy atom. The summed E-state index contributed by atoms with van der Waals surface area (Å²) in [6.07, 6.45) is 0.390. The first-order valence-electron chi connectivity index (χ1n) is 6.11. The number of aryl methyl sites for hydroxylation is 1. The second kappa shape index (κ2) is 6.57. The molecule has 1 amide bonds. The molecular formula is C14H18ClNO3. The number of carbonyl (C=O) groups is 2. The van der Waals surface area contributed by atoms with Crippen molar-refractivity contribution in [2.45, 2.75) is 33.2 Å². The van der Waals surface area contributed by atoms with E-state index in [0.29, 0.717) is 17.0 Å². The minimum absolute atomic E-state index is 0.183. The Labute approximate surface area is 117 Å². The van der Waals surface area contributed by atoms with E-state index in [1.807, 2.05) is 20.8 Å². The Balaban J connectivity index is 2.81. The lowest BCUT2D eigenvalue weighted by molar-refractivity contribution is -0.139. The first kappa shape index (κ1) is 15.5. The number of hydrogen-bond donors (Lipinski definition) is 2. The molecule has 0 unspecified atom stereocenters. The number of hydrogen-bond acceptors (Lipinski definition) is 2. The zero-order valence-corrected chi connectivity index (χ0v) is 12.0. The van der Waals surface area contributed by atoms with Crippen molar-refractivity contribution in [3.63, 3.8) is 0 Å². The highest BCUT2D eigenvalue weighted by Crippen LogP contribution is 2.17. The fourth-order valence-electron chi connectivity index (χ4n) is 1.67. The summed E-state index contributed by atoms with van der Waals surface area (Å²) in [6.45, 7) is 5.65. The molecule has 4 nitrogen and oxygen atoms in total. The monoisotopic (exact) mass is 283 g/mol. The lowest BCUT2D eigenvalue weighted by Crippen LogP contribution is -2.41. The SMILES string of the molecule is Cc1ccc(C(=O)N[C@H](CC(C)C)C(=O)O)cc1Cl. The molecule has 1 aromatic carbocycles. The molecule has 1 aromatic rings. The summed E-state index contributed by atoms with van der Waals surface area (Å²) in [5, 5.41) is 12.1. The lowest BCUT2D eigenvalue weighted by Gasteiger charge is -2.16. The Bertz CT molecular complexity index is 486. The molecule has 1 atom stereocenters. The van der Waals surface area contributed by atoms with Crippen LogP contribution in [0.4, 0.5) is 0 Å². The zero-order chi connectivity index (χ0) is 14.6. The summed E-state index contributed by atoms with van der Waals surface area (Å²) >= 11 is 5.95. The number of benzene rings is 1. The van der Waals surface area contributed by atoms with Gasteiger partial charge in [-0.05, 0) is 37.0 Å². The molecule has 0 spiro atoms. The third-order valence-corrected chi connectivity index (χ3v) is 3.15. The van der Waals surface area contributed by atoms with Gasteiger partial charge in [0.1, 0.15) is 6.04 Å². The van der Waals surface area contributed by atoms with Crippen LogP contribution in [0.2, 0.25) is 5.02 Å². The predicted octanol–water partition coefficient (Wildman–Crippen LogP) is 2.88. The fraction of sp³-hybridized carbons (Fsp3) is 0.429. The van der Waals surface area contributed by atoms with E-state index in [9.17, 15) is 9.59 Å². The molecule has 1 rings (SSSR count). The smallest absolute Gasteiger partial charge is 0.326 e. The van der Waals surface area contributed by atoms with Gasteiger partial charge >= 0.3 is 5.97 Å². The van der Waals surface area contributed by atoms with Gasteiger partial charge < -0.3 is 10.4 Å². The van der Waals surface area contributed by atoms with Crippen molar-refractivity contribution in [1.29, 1.82) is 0 Å². The molecule has 0 aliphatic carbocycles. The molecule has 0 saturated heterocycles. The van der Waals surface area contributed by atoms with Crippen molar-refractivity contribution in [1.82, 2.24) is 5.32 Å². The van der Waals surface area contributed by atoms with Crippen LogP contribution in [0.25, 0.3) is 0 Å². The van der Waals surface area contributed by atoms with Crippen LogP contribution in [0.3, 0.4) is 0 Å². The van der Waals surface area contributed by atoms with Gasteiger partial charge in [0.2, 0.25) is 0 Å². The van der Waals surface area contributed by atoms with Crippen molar-refractivity contribution in [2.75, 3.05) is 0 Å². The highest BCUT2D eigenvalue weighted by atomic mass is 35.5. The van der Waals surface area contributed by atoms with Crippen LogP contribution < -0.4 is 5.32 Å². The van der Waals surface area contributed by atoms with E-state index in [2.05, 4.69) is 5.32 Å². The number of rotatable bonds is 5. The van der Waals surface area contributed by atoms with E-state index in [1.54, 1.807) is 18.2 Å². The van der Waals surface area contributed by atoms with Gasteiger partial charge in [0, 0.05) is 10.6 Å². The molecular weight excluding hydrogens is 266 g/mol. The van der Waals surface area contributed by atoms with Gasteiger partial charge in [0.05, 0.1) is 0 Å². The first-order chi connectivity index (χ1) is 8.81. The largest absolute Gasteiger partial charge is 0.480 e. The number of aliphatic carboxylic acids is 1. The second-order valence-electron chi connectivity index (χ2n) is 4.96. The summed E-state index contributed by atoms with van der Waals surface area (Å²) < 4.78 is 0. The van der Waals surface area contributed by atoms with Gasteiger partial charge in [0.15, 0.2) is 0 Å². The molecule has 0 radical (unpaired) electrons. The van der Waals surface area contributed by atoms with E-state index in [1.165, 1.54) is 0 Å². The minimum atomic E-state index is -1.03. The average molecular weight is 284 g/mol. The third kappa shape index (κ3) is 4.56. The Morgan fingerprint density at radius 3 is 2.47 bits per heavy atom. The van der Waals surface area contributed by atoms with Crippen LogP contribution in [-0.4, -0.2) is 23.0 Å². The molecule has 104 valence electrons. The summed E-state index contributed by atoms with van der Waals surface area (Å²) in [5.74, 6) is -1.27. The fourth-order valence-corrected chi connectivity index (χ4v) is 1.85. The van der Waals surface area contributed by atoms with Gasteiger partial charge in [-0.1, -0.05) is 31.5 Å². The van der Waals surface area contributed by atoms with E-state index < -0.39 is 17.9 Å². The number of halogens is 1. The van der Waals surface area contributed by atoms with Gasteiger partial charge in [-0.3, -0.25) is 4.79 Å². The summed E-state index contributed by atoms with van der Waals surface area (Å²) in [5.41, 5.74) is 1.24. The minimum Gasteiger partial charge on any atom is -0.480 e. The quantitative estimate of drug-likeness (QED) is 0.873. The van der Waals surface area contributed by atoms with E-state index in [0.717, 1.165) is 5.56 Å².